The third kappa shape index (κ3) is 4.50. The first-order valence-corrected chi connectivity index (χ1v) is 8.13. The lowest BCUT2D eigenvalue weighted by Crippen LogP contribution is -2.40. The molecule has 1 aromatic carbocycles. The fourth-order valence-electron chi connectivity index (χ4n) is 2.67. The lowest BCUT2D eigenvalue weighted by molar-refractivity contribution is -0.123. The molecular formula is C17H23F2N3O2. The van der Waals surface area contributed by atoms with E-state index in [4.69, 9.17) is 0 Å². The lowest BCUT2D eigenvalue weighted by Gasteiger charge is -2.18. The van der Waals surface area contributed by atoms with Crippen molar-refractivity contribution in [2.45, 2.75) is 38.8 Å². The average molecular weight is 339 g/mol. The van der Waals surface area contributed by atoms with Crippen LogP contribution in [-0.4, -0.2) is 48.3 Å². The minimum absolute atomic E-state index is 0.0343. The van der Waals surface area contributed by atoms with Crippen molar-refractivity contribution in [3.05, 3.63) is 35.4 Å². The summed E-state index contributed by atoms with van der Waals surface area (Å²) in [4.78, 5) is 25.8. The van der Waals surface area contributed by atoms with Crippen molar-refractivity contribution in [2.75, 3.05) is 19.6 Å². The van der Waals surface area contributed by atoms with Crippen LogP contribution in [0.15, 0.2) is 24.3 Å². The lowest BCUT2D eigenvalue weighted by atomic mass is 10.1. The highest BCUT2D eigenvalue weighted by Crippen LogP contribution is 2.25. The molecule has 7 heteroatoms. The Morgan fingerprint density at radius 1 is 1.25 bits per heavy atom. The van der Waals surface area contributed by atoms with E-state index >= 15 is 0 Å². The fourth-order valence-corrected chi connectivity index (χ4v) is 2.67. The summed E-state index contributed by atoms with van der Waals surface area (Å²) < 4.78 is 26.2. The van der Waals surface area contributed by atoms with Gasteiger partial charge in [0, 0.05) is 31.6 Å². The summed E-state index contributed by atoms with van der Waals surface area (Å²) in [6.45, 7) is 4.91. The number of benzene rings is 1. The van der Waals surface area contributed by atoms with E-state index in [0.717, 1.165) is 5.56 Å². The maximum absolute atomic E-state index is 13.1. The highest BCUT2D eigenvalue weighted by molar-refractivity contribution is 5.94. The van der Waals surface area contributed by atoms with Crippen molar-refractivity contribution in [3.8, 4) is 0 Å². The molecule has 1 heterocycles. The van der Waals surface area contributed by atoms with Gasteiger partial charge in [-0.3, -0.25) is 14.9 Å². The van der Waals surface area contributed by atoms with E-state index < -0.39 is 30.8 Å². The zero-order chi connectivity index (χ0) is 17.7. The van der Waals surface area contributed by atoms with Crippen molar-refractivity contribution < 1.29 is 18.4 Å². The Labute approximate surface area is 140 Å². The van der Waals surface area contributed by atoms with E-state index in [0.29, 0.717) is 18.7 Å². The quantitative estimate of drug-likeness (QED) is 0.831. The van der Waals surface area contributed by atoms with Gasteiger partial charge in [-0.2, -0.15) is 0 Å². The van der Waals surface area contributed by atoms with Gasteiger partial charge in [0.15, 0.2) is 0 Å². The number of rotatable bonds is 6. The van der Waals surface area contributed by atoms with Crippen molar-refractivity contribution in [2.24, 2.45) is 0 Å². The van der Waals surface area contributed by atoms with Crippen molar-refractivity contribution in [1.29, 1.82) is 0 Å². The summed E-state index contributed by atoms with van der Waals surface area (Å²) in [7, 11) is 0. The van der Waals surface area contributed by atoms with Crippen LogP contribution in [0.1, 0.15) is 36.2 Å². The highest BCUT2D eigenvalue weighted by Gasteiger charge is 2.42. The van der Waals surface area contributed by atoms with Crippen LogP contribution in [0.25, 0.3) is 0 Å². The van der Waals surface area contributed by atoms with Gasteiger partial charge in [0.2, 0.25) is 5.91 Å². The van der Waals surface area contributed by atoms with Crippen LogP contribution in [0.2, 0.25) is 0 Å². The molecule has 24 heavy (non-hydrogen) atoms. The second-order valence-corrected chi connectivity index (χ2v) is 5.89. The zero-order valence-electron chi connectivity index (χ0n) is 13.9. The number of hydrogen-bond donors (Lipinski definition) is 2. The highest BCUT2D eigenvalue weighted by atomic mass is 19.3. The molecular weight excluding hydrogens is 316 g/mol. The standard InChI is InChI=1S/C17H23F2N3O2/c1-3-22(4-2)16(24)13-7-5-12(6-8-13)10-20-15(23)14-9-17(18,19)11-21-14/h5-8,14,21H,3-4,9-11H2,1-2H3,(H,20,23). The monoisotopic (exact) mass is 339 g/mol. The molecule has 0 spiro atoms. The Kier molecular flexibility index (Phi) is 5.88. The summed E-state index contributed by atoms with van der Waals surface area (Å²) in [5, 5.41) is 5.16. The molecule has 5 nitrogen and oxygen atoms in total. The van der Waals surface area contributed by atoms with E-state index in [-0.39, 0.29) is 12.5 Å². The molecule has 2 N–H and O–H groups in total. The number of nitrogens with one attached hydrogen (secondary N) is 2. The number of halogens is 2. The smallest absolute Gasteiger partial charge is 0.262 e. The second kappa shape index (κ2) is 7.70. The summed E-state index contributed by atoms with van der Waals surface area (Å²) in [6.07, 6.45) is -0.476. The van der Waals surface area contributed by atoms with Gasteiger partial charge in [-0.25, -0.2) is 8.78 Å². The van der Waals surface area contributed by atoms with E-state index in [1.807, 2.05) is 13.8 Å². The Bertz CT molecular complexity index is 586. The van der Waals surface area contributed by atoms with Crippen molar-refractivity contribution in [1.82, 2.24) is 15.5 Å². The Hall–Kier alpha value is -2.02. The Balaban J connectivity index is 1.88. The first-order chi connectivity index (χ1) is 11.4. The van der Waals surface area contributed by atoms with Gasteiger partial charge in [0.05, 0.1) is 12.6 Å². The van der Waals surface area contributed by atoms with E-state index in [1.165, 1.54) is 0 Å². The minimum atomic E-state index is -2.82. The molecule has 1 unspecified atom stereocenters. The van der Waals surface area contributed by atoms with Gasteiger partial charge in [-0.05, 0) is 31.5 Å². The topological polar surface area (TPSA) is 61.4 Å². The summed E-state index contributed by atoms with van der Waals surface area (Å²) in [5.74, 6) is -3.29. The molecule has 0 aliphatic carbocycles. The SMILES string of the molecule is CCN(CC)C(=O)c1ccc(CNC(=O)C2CC(F)(F)CN2)cc1. The van der Waals surface area contributed by atoms with Gasteiger partial charge >= 0.3 is 0 Å². The number of nitrogens with zero attached hydrogens (tertiary/aromatic N) is 1. The molecule has 1 aromatic rings. The van der Waals surface area contributed by atoms with Crippen LogP contribution < -0.4 is 10.6 Å². The normalized spacial score (nSPS) is 19.1. The molecule has 1 aliphatic heterocycles. The first kappa shape index (κ1) is 18.3. The Morgan fingerprint density at radius 2 is 1.88 bits per heavy atom. The fraction of sp³-hybridized carbons (Fsp3) is 0.529. The largest absolute Gasteiger partial charge is 0.351 e. The number of alkyl halides is 2. The van der Waals surface area contributed by atoms with Crippen LogP contribution in [0, 0.1) is 0 Å². The van der Waals surface area contributed by atoms with E-state index in [1.54, 1.807) is 29.2 Å². The first-order valence-electron chi connectivity index (χ1n) is 8.13. The van der Waals surface area contributed by atoms with Crippen LogP contribution in [0.5, 0.6) is 0 Å². The number of hydrogen-bond acceptors (Lipinski definition) is 3. The molecule has 1 aliphatic rings. The van der Waals surface area contributed by atoms with Crippen LogP contribution in [0.3, 0.4) is 0 Å². The van der Waals surface area contributed by atoms with E-state index in [9.17, 15) is 18.4 Å². The van der Waals surface area contributed by atoms with Gasteiger partial charge in [0.25, 0.3) is 11.8 Å². The second-order valence-electron chi connectivity index (χ2n) is 5.89. The third-order valence-electron chi connectivity index (χ3n) is 4.14. The molecule has 1 saturated heterocycles. The van der Waals surface area contributed by atoms with Gasteiger partial charge in [-0.15, -0.1) is 0 Å². The molecule has 0 saturated carbocycles. The minimum Gasteiger partial charge on any atom is -0.351 e. The van der Waals surface area contributed by atoms with Crippen LogP contribution in [0.4, 0.5) is 8.78 Å². The molecule has 1 fully saturated rings. The maximum atomic E-state index is 13.1. The number of amides is 2. The number of carbonyl (C=O) groups is 2. The molecule has 2 amide bonds. The molecule has 0 radical (unpaired) electrons. The van der Waals surface area contributed by atoms with E-state index in [2.05, 4.69) is 10.6 Å². The predicted octanol–water partition coefficient (Wildman–Crippen LogP) is 1.78. The van der Waals surface area contributed by atoms with Crippen LogP contribution >= 0.6 is 0 Å². The maximum Gasteiger partial charge on any atom is 0.262 e. The molecule has 0 bridgehead atoms. The average Bonchev–Trinajstić information content (AvgIpc) is 2.94. The van der Waals surface area contributed by atoms with Crippen LogP contribution in [-0.2, 0) is 11.3 Å². The predicted molar refractivity (Wildman–Crippen MR) is 86.9 cm³/mol. The molecule has 132 valence electrons. The molecule has 2 rings (SSSR count). The Morgan fingerprint density at radius 3 is 2.38 bits per heavy atom. The van der Waals surface area contributed by atoms with Crippen molar-refractivity contribution in [3.63, 3.8) is 0 Å². The van der Waals surface area contributed by atoms with Gasteiger partial charge in [-0.1, -0.05) is 12.1 Å². The summed E-state index contributed by atoms with van der Waals surface area (Å²) in [5.41, 5.74) is 1.40. The third-order valence-corrected chi connectivity index (χ3v) is 4.14. The summed E-state index contributed by atoms with van der Waals surface area (Å²) >= 11 is 0. The van der Waals surface area contributed by atoms with Gasteiger partial charge < -0.3 is 10.2 Å². The molecule has 1 atom stereocenters. The van der Waals surface area contributed by atoms with Crippen molar-refractivity contribution >= 4 is 11.8 Å². The zero-order valence-corrected chi connectivity index (χ0v) is 13.9. The molecule has 0 aromatic heterocycles. The number of carbonyl (C=O) groups excluding carboxylic acids is 2. The summed E-state index contributed by atoms with van der Waals surface area (Å²) in [6, 6.07) is 6.08. The van der Waals surface area contributed by atoms with Gasteiger partial charge in [0.1, 0.15) is 0 Å².